The highest BCUT2D eigenvalue weighted by molar-refractivity contribution is 5.61. The van der Waals surface area contributed by atoms with E-state index in [1.807, 2.05) is 19.2 Å². The molecule has 1 aromatic rings. The summed E-state index contributed by atoms with van der Waals surface area (Å²) in [7, 11) is 1.68. The van der Waals surface area contributed by atoms with Crippen LogP contribution in [0.4, 0.5) is 5.69 Å². The highest BCUT2D eigenvalue weighted by Crippen LogP contribution is 2.34. The van der Waals surface area contributed by atoms with Crippen molar-refractivity contribution in [1.29, 1.82) is 5.26 Å². The largest absolute Gasteiger partial charge is 0.494 e. The average molecular weight is 326 g/mol. The number of ether oxygens (including phenoxy) is 1. The number of nitrogens with zero attached hydrogens (tertiary/aromatic N) is 4. The summed E-state index contributed by atoms with van der Waals surface area (Å²) in [6.07, 6.45) is 6.88. The predicted octanol–water partition coefficient (Wildman–Crippen LogP) is 3.71. The summed E-state index contributed by atoms with van der Waals surface area (Å²) in [5, 5.41) is 8.72. The van der Waals surface area contributed by atoms with Gasteiger partial charge in [0.1, 0.15) is 11.4 Å². The van der Waals surface area contributed by atoms with Crippen molar-refractivity contribution in [2.24, 2.45) is 0 Å². The third kappa shape index (κ3) is 4.08. The summed E-state index contributed by atoms with van der Waals surface area (Å²) >= 11 is 0. The Kier molecular flexibility index (Phi) is 6.25. The minimum Gasteiger partial charge on any atom is -0.494 e. The molecule has 0 N–H and O–H groups in total. The molecule has 0 spiro atoms. The topological polar surface area (TPSA) is 52.4 Å². The molecule has 5 nitrogen and oxygen atoms in total. The lowest BCUT2D eigenvalue weighted by Gasteiger charge is -2.41. The molecule has 1 saturated heterocycles. The number of pyridine rings is 1. The van der Waals surface area contributed by atoms with Crippen LogP contribution in [0, 0.1) is 11.3 Å². The lowest BCUT2D eigenvalue weighted by atomic mass is 10.0. The van der Waals surface area contributed by atoms with E-state index in [4.69, 9.17) is 10.00 Å². The molecule has 2 rings (SSSR count). The molecule has 0 atom stereocenters. The van der Waals surface area contributed by atoms with E-state index in [0.29, 0.717) is 12.5 Å². The Morgan fingerprint density at radius 1 is 1.46 bits per heavy atom. The van der Waals surface area contributed by atoms with Gasteiger partial charge in [0, 0.05) is 49.2 Å². The lowest BCUT2D eigenvalue weighted by Crippen LogP contribution is -2.44. The van der Waals surface area contributed by atoms with E-state index in [-0.39, 0.29) is 0 Å². The predicted molar refractivity (Wildman–Crippen MR) is 96.7 cm³/mol. The molecule has 0 unspecified atom stereocenters. The Hall–Kier alpha value is -2.48. The van der Waals surface area contributed by atoms with Gasteiger partial charge in [-0.25, -0.2) is 0 Å². The van der Waals surface area contributed by atoms with Crippen molar-refractivity contribution >= 4 is 5.69 Å². The zero-order chi connectivity index (χ0) is 17.5. The fraction of sp³-hybridized carbons (Fsp3) is 0.474. The Labute approximate surface area is 144 Å². The molecular formula is C19H26N4O. The summed E-state index contributed by atoms with van der Waals surface area (Å²) in [5.41, 5.74) is 3.02. The number of methoxy groups -OCH3 is 1. The van der Waals surface area contributed by atoms with Crippen molar-refractivity contribution in [3.05, 3.63) is 43.0 Å². The molecule has 0 saturated carbocycles. The molecule has 0 aliphatic carbocycles. The van der Waals surface area contributed by atoms with E-state index in [1.54, 1.807) is 13.3 Å². The maximum Gasteiger partial charge on any atom is 0.145 e. The van der Waals surface area contributed by atoms with Crippen LogP contribution < -0.4 is 9.64 Å². The normalized spacial score (nSPS) is 14.8. The van der Waals surface area contributed by atoms with E-state index in [2.05, 4.69) is 34.0 Å². The minimum atomic E-state index is 0.362. The van der Waals surface area contributed by atoms with Gasteiger partial charge in [-0.3, -0.25) is 4.98 Å². The number of aromatic nitrogens is 1. The molecule has 0 amide bonds. The summed E-state index contributed by atoms with van der Waals surface area (Å²) in [4.78, 5) is 8.78. The highest BCUT2D eigenvalue weighted by atomic mass is 16.5. The Balaban J connectivity index is 2.08. The molecule has 1 fully saturated rings. The molecule has 24 heavy (non-hydrogen) atoms. The second-order valence-corrected chi connectivity index (χ2v) is 6.10. The van der Waals surface area contributed by atoms with Crippen molar-refractivity contribution in [3.8, 4) is 11.8 Å². The molecule has 0 radical (unpaired) electrons. The van der Waals surface area contributed by atoms with Crippen LogP contribution >= 0.6 is 0 Å². The van der Waals surface area contributed by atoms with E-state index in [9.17, 15) is 0 Å². The number of rotatable bonds is 7. The number of piperidine rings is 1. The number of hydrogen-bond acceptors (Lipinski definition) is 5. The van der Waals surface area contributed by atoms with Crippen LogP contribution in [0.15, 0.2) is 43.0 Å². The zero-order valence-corrected chi connectivity index (χ0v) is 14.7. The van der Waals surface area contributed by atoms with E-state index in [0.717, 1.165) is 55.2 Å². The number of nitriles is 1. The quantitative estimate of drug-likeness (QED) is 0.764. The molecule has 2 heterocycles. The molecule has 5 heteroatoms. The fourth-order valence-corrected chi connectivity index (χ4v) is 3.24. The zero-order valence-electron chi connectivity index (χ0n) is 14.7. The monoisotopic (exact) mass is 326 g/mol. The third-order valence-electron chi connectivity index (χ3n) is 4.45. The van der Waals surface area contributed by atoms with Crippen LogP contribution in [0.1, 0.15) is 32.6 Å². The second-order valence-electron chi connectivity index (χ2n) is 6.10. The molecular weight excluding hydrogens is 300 g/mol. The average Bonchev–Trinajstić information content (AvgIpc) is 2.60. The minimum absolute atomic E-state index is 0.362. The van der Waals surface area contributed by atoms with Crippen LogP contribution in [-0.2, 0) is 0 Å². The summed E-state index contributed by atoms with van der Waals surface area (Å²) in [5.74, 6) is 0.814. The first-order valence-corrected chi connectivity index (χ1v) is 8.31. The molecule has 1 aromatic heterocycles. The molecule has 0 aromatic carbocycles. The standard InChI is InChI=1S/C19H26N4O/c1-15(2)23(18-14-21-11-7-19(18)24-4)17-8-12-22(13-9-17)16(3)6-5-10-20/h7,11,14,17H,1,3,5-6,8-9,12-13H2,2,4H3. The third-order valence-corrected chi connectivity index (χ3v) is 4.45. The van der Waals surface area contributed by atoms with Gasteiger partial charge in [0.05, 0.1) is 19.4 Å². The summed E-state index contributed by atoms with van der Waals surface area (Å²) in [6, 6.07) is 4.43. The second kappa shape index (κ2) is 8.39. The van der Waals surface area contributed by atoms with Crippen LogP contribution in [0.2, 0.25) is 0 Å². The van der Waals surface area contributed by atoms with Gasteiger partial charge in [-0.05, 0) is 26.2 Å². The van der Waals surface area contributed by atoms with Crippen LogP contribution in [0.3, 0.4) is 0 Å². The maximum atomic E-state index is 8.72. The van der Waals surface area contributed by atoms with Crippen molar-refractivity contribution < 1.29 is 4.74 Å². The van der Waals surface area contributed by atoms with Crippen LogP contribution in [0.25, 0.3) is 0 Å². The van der Waals surface area contributed by atoms with Crippen LogP contribution in [-0.4, -0.2) is 36.1 Å². The number of likely N-dealkylation sites (tertiary alicyclic amines) is 1. The number of hydrogen-bond donors (Lipinski definition) is 0. The highest BCUT2D eigenvalue weighted by Gasteiger charge is 2.27. The number of allylic oxidation sites excluding steroid dienone is 2. The number of anilines is 1. The van der Waals surface area contributed by atoms with Crippen molar-refractivity contribution in [1.82, 2.24) is 9.88 Å². The first kappa shape index (κ1) is 17.9. The Morgan fingerprint density at radius 2 is 2.17 bits per heavy atom. The summed E-state index contributed by atoms with van der Waals surface area (Å²) < 4.78 is 5.49. The maximum absolute atomic E-state index is 8.72. The van der Waals surface area contributed by atoms with Gasteiger partial charge in [-0.2, -0.15) is 5.26 Å². The van der Waals surface area contributed by atoms with Crippen LogP contribution in [0.5, 0.6) is 5.75 Å². The molecule has 1 aliphatic heterocycles. The van der Waals surface area contributed by atoms with Crippen molar-refractivity contribution in [3.63, 3.8) is 0 Å². The summed E-state index contributed by atoms with van der Waals surface area (Å²) in [6.45, 7) is 12.2. The van der Waals surface area contributed by atoms with E-state index >= 15 is 0 Å². The smallest absolute Gasteiger partial charge is 0.145 e. The molecule has 1 aliphatic rings. The van der Waals surface area contributed by atoms with Gasteiger partial charge in [-0.1, -0.05) is 13.2 Å². The Morgan fingerprint density at radius 3 is 2.75 bits per heavy atom. The molecule has 0 bridgehead atoms. The first-order chi connectivity index (χ1) is 11.6. The molecule has 128 valence electrons. The fourth-order valence-electron chi connectivity index (χ4n) is 3.24. The first-order valence-electron chi connectivity index (χ1n) is 8.31. The van der Waals surface area contributed by atoms with Gasteiger partial charge in [-0.15, -0.1) is 0 Å². The van der Waals surface area contributed by atoms with Gasteiger partial charge < -0.3 is 14.5 Å². The van der Waals surface area contributed by atoms with Gasteiger partial charge >= 0.3 is 0 Å². The Bertz CT molecular complexity index is 626. The lowest BCUT2D eigenvalue weighted by molar-refractivity contribution is 0.255. The van der Waals surface area contributed by atoms with E-state index in [1.165, 1.54) is 0 Å². The van der Waals surface area contributed by atoms with Crippen molar-refractivity contribution in [2.75, 3.05) is 25.1 Å². The van der Waals surface area contributed by atoms with Gasteiger partial charge in [0.2, 0.25) is 0 Å². The van der Waals surface area contributed by atoms with Gasteiger partial charge in [0.25, 0.3) is 0 Å². The van der Waals surface area contributed by atoms with Crippen molar-refractivity contribution in [2.45, 2.75) is 38.6 Å². The van der Waals surface area contributed by atoms with E-state index < -0.39 is 0 Å². The van der Waals surface area contributed by atoms with Gasteiger partial charge in [0.15, 0.2) is 0 Å². The SMILES string of the molecule is C=C(CCC#N)N1CCC(N(C(=C)C)c2cnccc2OC)CC1.